The summed E-state index contributed by atoms with van der Waals surface area (Å²) in [6.45, 7) is 1.48. The van der Waals surface area contributed by atoms with Crippen molar-refractivity contribution in [2.24, 2.45) is 9.98 Å². The number of benzene rings is 2. The van der Waals surface area contributed by atoms with Crippen molar-refractivity contribution < 1.29 is 4.39 Å². The highest BCUT2D eigenvalue weighted by molar-refractivity contribution is 6.13. The summed E-state index contributed by atoms with van der Waals surface area (Å²) >= 11 is 0. The summed E-state index contributed by atoms with van der Waals surface area (Å²) in [7, 11) is 1.69. The summed E-state index contributed by atoms with van der Waals surface area (Å²) in [5.74, 6) is 0. The maximum absolute atomic E-state index is 12.9. The van der Waals surface area contributed by atoms with Gasteiger partial charge in [0.2, 0.25) is 0 Å². The average molecular weight is 296 g/mol. The van der Waals surface area contributed by atoms with Crippen molar-refractivity contribution in [2.75, 3.05) is 13.7 Å². The Hall–Kier alpha value is -2.29. The molecule has 0 aromatic heterocycles. The normalized spacial score (nSPS) is 13.8. The highest BCUT2D eigenvalue weighted by atomic mass is 19.1. The zero-order valence-corrected chi connectivity index (χ0v) is 13.0. The molecule has 2 aromatic rings. The first kappa shape index (κ1) is 16.1. The number of hydrogen-bond acceptors (Lipinski definition) is 2. The van der Waals surface area contributed by atoms with E-state index in [-0.39, 0.29) is 0 Å². The number of alkyl halides is 1. The van der Waals surface area contributed by atoms with E-state index in [9.17, 15) is 4.39 Å². The van der Waals surface area contributed by atoms with Crippen LogP contribution in [0.5, 0.6) is 0 Å². The topological polar surface area (TPSA) is 24.7 Å². The van der Waals surface area contributed by atoms with Crippen molar-refractivity contribution in [2.45, 2.75) is 18.9 Å². The van der Waals surface area contributed by atoms with Crippen molar-refractivity contribution in [3.05, 3.63) is 71.8 Å². The number of aliphatic imine (C=N–C) groups is 2. The Morgan fingerprint density at radius 3 is 1.91 bits per heavy atom. The van der Waals surface area contributed by atoms with Crippen LogP contribution in [0.4, 0.5) is 4.39 Å². The molecular formula is C19H21FN2. The van der Waals surface area contributed by atoms with Gasteiger partial charge in [-0.15, -0.1) is 0 Å². The smallest absolute Gasteiger partial charge is 0.0957 e. The minimum atomic E-state index is -0.648. The molecule has 0 saturated heterocycles. The monoisotopic (exact) mass is 296 g/mol. The lowest BCUT2D eigenvalue weighted by molar-refractivity contribution is 0.422. The number of halogens is 1. The van der Waals surface area contributed by atoms with Gasteiger partial charge in [0.05, 0.1) is 17.9 Å². The molecule has 0 aliphatic heterocycles. The number of rotatable bonds is 6. The summed E-state index contributed by atoms with van der Waals surface area (Å²) in [6.07, 6.45) is 2.03. The van der Waals surface area contributed by atoms with E-state index in [1.165, 1.54) is 0 Å². The Morgan fingerprint density at radius 1 is 1.00 bits per heavy atom. The van der Waals surface area contributed by atoms with Crippen LogP contribution in [0.25, 0.3) is 0 Å². The first-order valence-electron chi connectivity index (χ1n) is 7.38. The first-order chi connectivity index (χ1) is 10.7. The molecule has 2 nitrogen and oxygen atoms in total. The summed E-state index contributed by atoms with van der Waals surface area (Å²) in [4.78, 5) is 8.92. The molecule has 0 aliphatic carbocycles. The van der Waals surface area contributed by atoms with E-state index in [0.29, 0.717) is 6.42 Å². The van der Waals surface area contributed by atoms with Gasteiger partial charge in [-0.2, -0.15) is 0 Å². The van der Waals surface area contributed by atoms with Crippen molar-refractivity contribution in [3.8, 4) is 0 Å². The van der Waals surface area contributed by atoms with E-state index < -0.39 is 12.2 Å². The van der Waals surface area contributed by atoms with Gasteiger partial charge in [0.1, 0.15) is 0 Å². The molecule has 3 heteroatoms. The van der Waals surface area contributed by atoms with E-state index in [2.05, 4.69) is 4.99 Å². The standard InChI is InChI=1S/C19H21FN2/c1-19(13-14-20,15-21-2)22-18(16-9-5-3-6-10-16)17-11-7-4-8-12-17/h3-12,15H,13-14H2,1-2H3. The van der Waals surface area contributed by atoms with Crippen molar-refractivity contribution in [1.29, 1.82) is 0 Å². The third-order valence-corrected chi connectivity index (χ3v) is 3.47. The zero-order valence-electron chi connectivity index (χ0n) is 13.0. The molecule has 0 aliphatic rings. The Labute approximate surface area is 131 Å². The molecule has 0 saturated carbocycles. The van der Waals surface area contributed by atoms with E-state index in [1.54, 1.807) is 13.3 Å². The average Bonchev–Trinajstić information content (AvgIpc) is 2.55. The minimum Gasteiger partial charge on any atom is -0.298 e. The zero-order chi connectivity index (χ0) is 15.8. The third-order valence-electron chi connectivity index (χ3n) is 3.47. The van der Waals surface area contributed by atoms with E-state index in [4.69, 9.17) is 4.99 Å². The summed E-state index contributed by atoms with van der Waals surface area (Å²) in [6, 6.07) is 19.9. The van der Waals surface area contributed by atoms with Gasteiger partial charge in [-0.3, -0.25) is 14.4 Å². The van der Waals surface area contributed by atoms with Crippen molar-refractivity contribution in [1.82, 2.24) is 0 Å². The summed E-state index contributed by atoms with van der Waals surface area (Å²) in [5, 5.41) is 0. The fourth-order valence-electron chi connectivity index (χ4n) is 2.36. The SMILES string of the molecule is CN=CC(C)(CCF)N=C(c1ccccc1)c1ccccc1. The molecule has 0 spiro atoms. The molecule has 2 rings (SSSR count). The largest absolute Gasteiger partial charge is 0.298 e. The molecule has 0 bridgehead atoms. The van der Waals surface area contributed by atoms with Gasteiger partial charge < -0.3 is 0 Å². The fraction of sp³-hybridized carbons (Fsp3) is 0.263. The molecule has 22 heavy (non-hydrogen) atoms. The van der Waals surface area contributed by atoms with Gasteiger partial charge >= 0.3 is 0 Å². The molecule has 2 aromatic carbocycles. The molecule has 0 radical (unpaired) electrons. The molecule has 114 valence electrons. The molecule has 1 atom stereocenters. The van der Waals surface area contributed by atoms with Crippen LogP contribution in [0, 0.1) is 0 Å². The Balaban J connectivity index is 2.55. The molecule has 1 unspecified atom stereocenters. The lowest BCUT2D eigenvalue weighted by atomic mass is 9.97. The van der Waals surface area contributed by atoms with E-state index in [1.807, 2.05) is 67.6 Å². The van der Waals surface area contributed by atoms with Gasteiger partial charge in [-0.1, -0.05) is 60.7 Å². The molecule has 0 heterocycles. The molecule has 0 amide bonds. The van der Waals surface area contributed by atoms with Gasteiger partial charge in [-0.25, -0.2) is 0 Å². The van der Waals surface area contributed by atoms with E-state index in [0.717, 1.165) is 16.8 Å². The van der Waals surface area contributed by atoms with Crippen LogP contribution in [0.3, 0.4) is 0 Å². The molecule has 0 fully saturated rings. The van der Waals surface area contributed by atoms with Gasteiger partial charge in [0.15, 0.2) is 0 Å². The van der Waals surface area contributed by atoms with Gasteiger partial charge in [0, 0.05) is 30.8 Å². The quantitative estimate of drug-likeness (QED) is 0.708. The second kappa shape index (κ2) is 7.64. The predicted molar refractivity (Wildman–Crippen MR) is 91.9 cm³/mol. The van der Waals surface area contributed by atoms with Crippen molar-refractivity contribution >= 4 is 11.9 Å². The fourth-order valence-corrected chi connectivity index (χ4v) is 2.36. The third kappa shape index (κ3) is 4.10. The van der Waals surface area contributed by atoms with Crippen molar-refractivity contribution in [3.63, 3.8) is 0 Å². The molecular weight excluding hydrogens is 275 g/mol. The van der Waals surface area contributed by atoms with Crippen LogP contribution in [0.15, 0.2) is 70.6 Å². The Bertz CT molecular complexity index is 593. The first-order valence-corrected chi connectivity index (χ1v) is 7.38. The number of hydrogen-bond donors (Lipinski definition) is 0. The summed E-state index contributed by atoms with van der Waals surface area (Å²) in [5.41, 5.74) is 2.24. The number of nitrogens with zero attached hydrogens (tertiary/aromatic N) is 2. The van der Waals surface area contributed by atoms with Crippen LogP contribution < -0.4 is 0 Å². The Kier molecular flexibility index (Phi) is 5.59. The molecule has 0 N–H and O–H groups in total. The van der Waals surface area contributed by atoms with Gasteiger partial charge in [-0.05, 0) is 6.92 Å². The highest BCUT2D eigenvalue weighted by Gasteiger charge is 2.22. The van der Waals surface area contributed by atoms with Crippen LogP contribution in [0.1, 0.15) is 24.5 Å². The maximum Gasteiger partial charge on any atom is 0.0957 e. The lowest BCUT2D eigenvalue weighted by Gasteiger charge is -2.21. The minimum absolute atomic E-state index is 0.313. The van der Waals surface area contributed by atoms with Crippen LogP contribution >= 0.6 is 0 Å². The summed E-state index contributed by atoms with van der Waals surface area (Å²) < 4.78 is 12.9. The lowest BCUT2D eigenvalue weighted by Crippen LogP contribution is -2.27. The second-order valence-electron chi connectivity index (χ2n) is 5.38. The second-order valence-corrected chi connectivity index (χ2v) is 5.38. The van der Waals surface area contributed by atoms with Crippen LogP contribution in [-0.2, 0) is 0 Å². The Morgan fingerprint density at radius 2 is 1.50 bits per heavy atom. The van der Waals surface area contributed by atoms with Crippen LogP contribution in [-0.4, -0.2) is 31.2 Å². The van der Waals surface area contributed by atoms with Crippen LogP contribution in [0.2, 0.25) is 0 Å². The van der Waals surface area contributed by atoms with Gasteiger partial charge in [0.25, 0.3) is 0 Å². The predicted octanol–water partition coefficient (Wildman–Crippen LogP) is 4.34. The highest BCUT2D eigenvalue weighted by Crippen LogP contribution is 2.19. The maximum atomic E-state index is 12.9. The van der Waals surface area contributed by atoms with E-state index >= 15 is 0 Å².